The van der Waals surface area contributed by atoms with E-state index in [1.165, 1.54) is 18.4 Å². The molecule has 96 valence electrons. The summed E-state index contributed by atoms with van der Waals surface area (Å²) in [6, 6.07) is 8.25. The van der Waals surface area contributed by atoms with Gasteiger partial charge < -0.3 is 9.94 Å². The zero-order valence-corrected chi connectivity index (χ0v) is 10.7. The Morgan fingerprint density at radius 2 is 2.11 bits per heavy atom. The van der Waals surface area contributed by atoms with Gasteiger partial charge in [0.05, 0.1) is 0 Å². The van der Waals surface area contributed by atoms with Crippen molar-refractivity contribution in [3.05, 3.63) is 35.4 Å². The summed E-state index contributed by atoms with van der Waals surface area (Å²) in [7, 11) is 1.75. The Bertz CT molecular complexity index is 483. The quantitative estimate of drug-likeness (QED) is 0.609. The van der Waals surface area contributed by atoms with Crippen molar-refractivity contribution in [3.63, 3.8) is 0 Å². The molecule has 0 aromatic heterocycles. The van der Waals surface area contributed by atoms with E-state index in [9.17, 15) is 5.21 Å². The second-order valence-corrected chi connectivity index (χ2v) is 5.28. The molecule has 0 amide bonds. The summed E-state index contributed by atoms with van der Waals surface area (Å²) in [5.41, 5.74) is 2.67. The Kier molecular flexibility index (Phi) is 2.86. The average Bonchev–Trinajstić information content (AvgIpc) is 2.54. The molecule has 18 heavy (non-hydrogen) atoms. The van der Waals surface area contributed by atoms with Crippen molar-refractivity contribution >= 4 is 5.71 Å². The Hall–Kier alpha value is -1.35. The first-order chi connectivity index (χ1) is 8.83. The van der Waals surface area contributed by atoms with Crippen LogP contribution in [0.25, 0.3) is 0 Å². The fourth-order valence-electron chi connectivity index (χ4n) is 3.73. The molecular weight excluding hydrogens is 226 g/mol. The maximum Gasteiger partial charge on any atom is 0.120 e. The first-order valence-electron chi connectivity index (χ1n) is 6.70. The Balaban J connectivity index is 2.19. The minimum atomic E-state index is -0.408. The van der Waals surface area contributed by atoms with Crippen molar-refractivity contribution in [2.75, 3.05) is 7.11 Å². The average molecular weight is 245 g/mol. The zero-order valence-electron chi connectivity index (χ0n) is 10.7. The summed E-state index contributed by atoms with van der Waals surface area (Å²) in [5.74, 6) is 0.340. The van der Waals surface area contributed by atoms with Crippen molar-refractivity contribution in [1.82, 2.24) is 0 Å². The molecule has 3 heteroatoms. The summed E-state index contributed by atoms with van der Waals surface area (Å²) in [5, 5.41) is 13.0. The van der Waals surface area contributed by atoms with Gasteiger partial charge >= 0.3 is 0 Å². The van der Waals surface area contributed by atoms with Gasteiger partial charge in [-0.3, -0.25) is 0 Å². The van der Waals surface area contributed by atoms with E-state index in [1.807, 2.05) is 12.1 Å². The molecule has 1 aromatic carbocycles. The van der Waals surface area contributed by atoms with Crippen molar-refractivity contribution < 1.29 is 9.94 Å². The van der Waals surface area contributed by atoms with Crippen LogP contribution in [-0.4, -0.2) is 23.6 Å². The molecule has 0 spiro atoms. The van der Waals surface area contributed by atoms with Crippen LogP contribution in [0.4, 0.5) is 0 Å². The molecule has 1 aromatic rings. The number of rotatable bonds is 1. The monoisotopic (exact) mass is 245 g/mol. The number of hydrogen-bond donors (Lipinski definition) is 1. The molecule has 0 unspecified atom stereocenters. The highest BCUT2D eigenvalue weighted by Gasteiger charge is 2.52. The Morgan fingerprint density at radius 1 is 1.28 bits per heavy atom. The Morgan fingerprint density at radius 3 is 2.89 bits per heavy atom. The minimum Gasteiger partial charge on any atom is -0.411 e. The third-order valence-corrected chi connectivity index (χ3v) is 4.56. The topological polar surface area (TPSA) is 41.8 Å². The van der Waals surface area contributed by atoms with Crippen LogP contribution < -0.4 is 0 Å². The molecule has 2 aliphatic carbocycles. The number of hydrogen-bond acceptors (Lipinski definition) is 3. The lowest BCUT2D eigenvalue weighted by atomic mass is 9.83. The molecule has 0 bridgehead atoms. The summed E-state index contributed by atoms with van der Waals surface area (Å²) in [6.45, 7) is 0. The SMILES string of the molecule is CO[C@]12CCCCC[C@H]1c1ccccc1/C2=N/O. The largest absolute Gasteiger partial charge is 0.411 e. The van der Waals surface area contributed by atoms with Crippen LogP contribution in [-0.2, 0) is 4.74 Å². The van der Waals surface area contributed by atoms with Gasteiger partial charge in [0, 0.05) is 18.6 Å². The predicted molar refractivity (Wildman–Crippen MR) is 70.3 cm³/mol. The van der Waals surface area contributed by atoms with E-state index < -0.39 is 5.60 Å². The third-order valence-electron chi connectivity index (χ3n) is 4.56. The molecule has 3 nitrogen and oxygen atoms in total. The number of nitrogens with zero attached hydrogens (tertiary/aromatic N) is 1. The number of oxime groups is 1. The van der Waals surface area contributed by atoms with E-state index in [-0.39, 0.29) is 0 Å². The molecule has 1 saturated carbocycles. The van der Waals surface area contributed by atoms with Gasteiger partial charge in [0.1, 0.15) is 11.3 Å². The first-order valence-corrected chi connectivity index (χ1v) is 6.70. The number of methoxy groups -OCH3 is 1. The van der Waals surface area contributed by atoms with Crippen LogP contribution in [0, 0.1) is 0 Å². The van der Waals surface area contributed by atoms with Gasteiger partial charge in [0.15, 0.2) is 0 Å². The smallest absolute Gasteiger partial charge is 0.120 e. The lowest BCUT2D eigenvalue weighted by molar-refractivity contribution is 0.0235. The lowest BCUT2D eigenvalue weighted by Crippen LogP contribution is -2.41. The van der Waals surface area contributed by atoms with E-state index in [1.54, 1.807) is 7.11 Å². The van der Waals surface area contributed by atoms with Gasteiger partial charge in [0.2, 0.25) is 0 Å². The second kappa shape index (κ2) is 4.39. The highest BCUT2D eigenvalue weighted by atomic mass is 16.5. The van der Waals surface area contributed by atoms with Crippen molar-refractivity contribution in [2.45, 2.75) is 43.6 Å². The van der Waals surface area contributed by atoms with Gasteiger partial charge in [-0.15, -0.1) is 0 Å². The lowest BCUT2D eigenvalue weighted by Gasteiger charge is -2.33. The van der Waals surface area contributed by atoms with Gasteiger partial charge in [-0.05, 0) is 18.4 Å². The van der Waals surface area contributed by atoms with Crippen LogP contribution in [0.5, 0.6) is 0 Å². The van der Waals surface area contributed by atoms with E-state index in [4.69, 9.17) is 4.74 Å². The zero-order chi connectivity index (χ0) is 12.6. The van der Waals surface area contributed by atoms with Crippen LogP contribution in [0.2, 0.25) is 0 Å². The van der Waals surface area contributed by atoms with Gasteiger partial charge in [-0.2, -0.15) is 0 Å². The fourth-order valence-corrected chi connectivity index (χ4v) is 3.73. The highest BCUT2D eigenvalue weighted by molar-refractivity contribution is 6.11. The van der Waals surface area contributed by atoms with Gasteiger partial charge in [-0.25, -0.2) is 0 Å². The molecular formula is C15H19NO2. The maximum absolute atomic E-state index is 9.45. The number of fused-ring (bicyclic) bond motifs is 3. The molecule has 2 atom stereocenters. The number of benzene rings is 1. The van der Waals surface area contributed by atoms with Crippen molar-refractivity contribution in [2.24, 2.45) is 5.16 Å². The van der Waals surface area contributed by atoms with Crippen LogP contribution >= 0.6 is 0 Å². The third kappa shape index (κ3) is 1.43. The van der Waals surface area contributed by atoms with Crippen molar-refractivity contribution in [3.8, 4) is 0 Å². The molecule has 0 saturated heterocycles. The maximum atomic E-state index is 9.45. The van der Waals surface area contributed by atoms with Crippen molar-refractivity contribution in [1.29, 1.82) is 0 Å². The van der Waals surface area contributed by atoms with Gasteiger partial charge in [-0.1, -0.05) is 48.7 Å². The predicted octanol–water partition coefficient (Wildman–Crippen LogP) is 3.31. The molecule has 1 fully saturated rings. The van der Waals surface area contributed by atoms with Crippen LogP contribution in [0.1, 0.15) is 49.1 Å². The second-order valence-electron chi connectivity index (χ2n) is 5.28. The Labute approximate surface area is 107 Å². The van der Waals surface area contributed by atoms with Crippen LogP contribution in [0.15, 0.2) is 29.4 Å². The van der Waals surface area contributed by atoms with E-state index in [0.29, 0.717) is 5.92 Å². The molecule has 0 aliphatic heterocycles. The molecule has 1 N–H and O–H groups in total. The number of ether oxygens (including phenoxy) is 1. The molecule has 0 radical (unpaired) electrons. The summed E-state index contributed by atoms with van der Waals surface area (Å²) >= 11 is 0. The van der Waals surface area contributed by atoms with E-state index in [0.717, 1.165) is 30.5 Å². The standard InChI is InChI=1S/C15H19NO2/c1-18-15-10-6-2-3-9-13(15)11-7-4-5-8-12(11)14(15)16-17/h4-5,7-8,13,17H,2-3,6,9-10H2,1H3/b16-14-/t13-,15+/m0/s1. The minimum absolute atomic E-state index is 0.340. The first kappa shape index (κ1) is 11.7. The summed E-state index contributed by atoms with van der Waals surface area (Å²) in [6.07, 6.45) is 5.66. The van der Waals surface area contributed by atoms with Crippen LogP contribution in [0.3, 0.4) is 0 Å². The highest BCUT2D eigenvalue weighted by Crippen LogP contribution is 2.50. The fraction of sp³-hybridized carbons (Fsp3) is 0.533. The summed E-state index contributed by atoms with van der Waals surface area (Å²) < 4.78 is 5.88. The van der Waals surface area contributed by atoms with Gasteiger partial charge in [0.25, 0.3) is 0 Å². The molecule has 0 heterocycles. The normalized spacial score (nSPS) is 32.9. The molecule has 2 aliphatic rings. The summed E-state index contributed by atoms with van der Waals surface area (Å²) in [4.78, 5) is 0. The molecule has 3 rings (SSSR count). The van der Waals surface area contributed by atoms with E-state index >= 15 is 0 Å². The van der Waals surface area contributed by atoms with E-state index in [2.05, 4.69) is 17.3 Å².